The average molecular weight is 194 g/mol. The van der Waals surface area contributed by atoms with Gasteiger partial charge in [0.15, 0.2) is 0 Å². The molecule has 1 aromatic heterocycles. The number of halogens is 3. The van der Waals surface area contributed by atoms with Gasteiger partial charge in [0.1, 0.15) is 0 Å². The van der Waals surface area contributed by atoms with Gasteiger partial charge < -0.3 is 5.73 Å². The van der Waals surface area contributed by atoms with Crippen molar-refractivity contribution in [3.05, 3.63) is 11.9 Å². The van der Waals surface area contributed by atoms with Gasteiger partial charge in [-0.05, 0) is 0 Å². The van der Waals surface area contributed by atoms with E-state index in [1.807, 2.05) is 0 Å². The molecule has 0 aromatic carbocycles. The molecule has 0 saturated heterocycles. The highest BCUT2D eigenvalue weighted by Crippen LogP contribution is 2.19. The van der Waals surface area contributed by atoms with Crippen LogP contribution in [0.5, 0.6) is 0 Å². The molecule has 0 bridgehead atoms. The molecule has 0 amide bonds. The maximum atomic E-state index is 11.7. The van der Waals surface area contributed by atoms with Crippen molar-refractivity contribution in [1.29, 1.82) is 0 Å². The lowest BCUT2D eigenvalue weighted by molar-refractivity contribution is -0.137. The van der Waals surface area contributed by atoms with Crippen molar-refractivity contribution in [1.82, 2.24) is 15.0 Å². The maximum absolute atomic E-state index is 11.7. The summed E-state index contributed by atoms with van der Waals surface area (Å²) in [4.78, 5) is 0. The fraction of sp³-hybridized carbons (Fsp3) is 0.667. The minimum atomic E-state index is -4.16. The zero-order chi connectivity index (χ0) is 9.90. The number of alkyl halides is 3. The smallest absolute Gasteiger partial charge is 0.325 e. The van der Waals surface area contributed by atoms with E-state index < -0.39 is 12.6 Å². The minimum absolute atomic E-state index is 0.187. The van der Waals surface area contributed by atoms with Crippen LogP contribution in [0.15, 0.2) is 6.20 Å². The number of rotatable bonds is 3. The Labute approximate surface area is 72.5 Å². The van der Waals surface area contributed by atoms with Crippen LogP contribution in [0.4, 0.5) is 13.2 Å². The quantitative estimate of drug-likeness (QED) is 0.770. The Balaban J connectivity index is 2.46. The van der Waals surface area contributed by atoms with Crippen LogP contribution >= 0.6 is 0 Å². The summed E-state index contributed by atoms with van der Waals surface area (Å²) in [5.74, 6) is 0. The third-order valence-corrected chi connectivity index (χ3v) is 1.42. The molecule has 0 aliphatic heterocycles. The first kappa shape index (κ1) is 9.97. The van der Waals surface area contributed by atoms with Gasteiger partial charge in [0.05, 0.1) is 18.7 Å². The fourth-order valence-corrected chi connectivity index (χ4v) is 0.783. The highest BCUT2D eigenvalue weighted by atomic mass is 19.4. The molecule has 4 nitrogen and oxygen atoms in total. The standard InChI is InChI=1S/C6H9F3N4/c7-6(8,9)1-2-13-4-5(3-10)11-12-13/h4H,1-3,10H2. The molecule has 1 rings (SSSR count). The predicted molar refractivity (Wildman–Crippen MR) is 38.6 cm³/mol. The van der Waals surface area contributed by atoms with Gasteiger partial charge in [-0.1, -0.05) is 5.21 Å². The fourth-order valence-electron chi connectivity index (χ4n) is 0.783. The number of nitrogens with two attached hydrogens (primary N) is 1. The molecular weight excluding hydrogens is 185 g/mol. The van der Waals surface area contributed by atoms with Crippen molar-refractivity contribution in [2.75, 3.05) is 0 Å². The van der Waals surface area contributed by atoms with Gasteiger partial charge in [-0.2, -0.15) is 13.2 Å². The second kappa shape index (κ2) is 3.73. The summed E-state index contributed by atoms with van der Waals surface area (Å²) in [6.07, 6.45) is -3.65. The van der Waals surface area contributed by atoms with Crippen LogP contribution in [0.2, 0.25) is 0 Å². The largest absolute Gasteiger partial charge is 0.390 e. The van der Waals surface area contributed by atoms with E-state index in [9.17, 15) is 13.2 Å². The highest BCUT2D eigenvalue weighted by Gasteiger charge is 2.26. The van der Waals surface area contributed by atoms with Crippen LogP contribution in [0.25, 0.3) is 0 Å². The first-order valence-electron chi connectivity index (χ1n) is 3.67. The Morgan fingerprint density at radius 1 is 1.46 bits per heavy atom. The molecule has 0 saturated carbocycles. The number of aryl methyl sites for hydroxylation is 1. The Bertz CT molecular complexity index is 267. The Morgan fingerprint density at radius 2 is 2.15 bits per heavy atom. The molecule has 2 N–H and O–H groups in total. The lowest BCUT2D eigenvalue weighted by atomic mass is 10.4. The number of aromatic nitrogens is 3. The molecule has 0 spiro atoms. The lowest BCUT2D eigenvalue weighted by Gasteiger charge is -2.04. The SMILES string of the molecule is NCc1cn(CCC(F)(F)F)nn1. The highest BCUT2D eigenvalue weighted by molar-refractivity contribution is 4.90. The first-order valence-corrected chi connectivity index (χ1v) is 3.67. The van der Waals surface area contributed by atoms with Crippen molar-refractivity contribution in [3.63, 3.8) is 0 Å². The van der Waals surface area contributed by atoms with Gasteiger partial charge in [0, 0.05) is 12.7 Å². The van der Waals surface area contributed by atoms with Gasteiger partial charge in [0.25, 0.3) is 0 Å². The van der Waals surface area contributed by atoms with E-state index in [-0.39, 0.29) is 13.1 Å². The van der Waals surface area contributed by atoms with Crippen molar-refractivity contribution in [2.24, 2.45) is 5.73 Å². The van der Waals surface area contributed by atoms with Crippen LogP contribution < -0.4 is 5.73 Å². The Kier molecular flexibility index (Phi) is 2.86. The molecule has 1 aromatic rings. The third kappa shape index (κ3) is 3.41. The van der Waals surface area contributed by atoms with Crippen molar-refractivity contribution < 1.29 is 13.2 Å². The first-order chi connectivity index (χ1) is 6.01. The summed E-state index contributed by atoms with van der Waals surface area (Å²) in [6, 6.07) is 0. The average Bonchev–Trinajstić information content (AvgIpc) is 2.47. The van der Waals surface area contributed by atoms with Crippen molar-refractivity contribution >= 4 is 0 Å². The number of hydrogen-bond donors (Lipinski definition) is 1. The molecule has 0 unspecified atom stereocenters. The van der Waals surface area contributed by atoms with E-state index in [1.165, 1.54) is 6.20 Å². The molecule has 7 heteroatoms. The van der Waals surface area contributed by atoms with E-state index in [1.54, 1.807) is 0 Å². The van der Waals surface area contributed by atoms with Crippen LogP contribution in [-0.2, 0) is 13.1 Å². The monoisotopic (exact) mass is 194 g/mol. The van der Waals surface area contributed by atoms with Gasteiger partial charge in [-0.15, -0.1) is 5.10 Å². The molecule has 0 aliphatic carbocycles. The maximum Gasteiger partial charge on any atom is 0.390 e. The second-order valence-electron chi connectivity index (χ2n) is 2.54. The number of nitrogens with zero attached hydrogens (tertiary/aromatic N) is 3. The summed E-state index contributed by atoms with van der Waals surface area (Å²) >= 11 is 0. The summed E-state index contributed by atoms with van der Waals surface area (Å²) < 4.78 is 36.4. The molecule has 1 heterocycles. The van der Waals surface area contributed by atoms with Crippen LogP contribution in [0.3, 0.4) is 0 Å². The van der Waals surface area contributed by atoms with Gasteiger partial charge >= 0.3 is 6.18 Å². The van der Waals surface area contributed by atoms with Crippen LogP contribution in [0.1, 0.15) is 12.1 Å². The van der Waals surface area contributed by atoms with E-state index in [4.69, 9.17) is 5.73 Å². The molecule has 0 fully saturated rings. The Hall–Kier alpha value is -1.11. The zero-order valence-electron chi connectivity index (χ0n) is 6.75. The summed E-state index contributed by atoms with van der Waals surface area (Å²) in [5.41, 5.74) is 5.70. The van der Waals surface area contributed by atoms with Gasteiger partial charge in [-0.3, -0.25) is 4.68 Å². The zero-order valence-corrected chi connectivity index (χ0v) is 6.75. The topological polar surface area (TPSA) is 56.7 Å². The van der Waals surface area contributed by atoms with Crippen LogP contribution in [0, 0.1) is 0 Å². The van der Waals surface area contributed by atoms with Gasteiger partial charge in [0.2, 0.25) is 0 Å². The third-order valence-electron chi connectivity index (χ3n) is 1.42. The molecule has 0 atom stereocenters. The lowest BCUT2D eigenvalue weighted by Crippen LogP contribution is -2.12. The van der Waals surface area contributed by atoms with Crippen LogP contribution in [-0.4, -0.2) is 21.2 Å². The van der Waals surface area contributed by atoms with Gasteiger partial charge in [-0.25, -0.2) is 0 Å². The number of hydrogen-bond acceptors (Lipinski definition) is 3. The van der Waals surface area contributed by atoms with Crippen molar-refractivity contribution in [2.45, 2.75) is 25.7 Å². The summed E-state index contributed by atoms with van der Waals surface area (Å²) in [5, 5.41) is 7.03. The predicted octanol–water partition coefficient (Wildman–Crippen LogP) is 0.689. The molecule has 13 heavy (non-hydrogen) atoms. The summed E-state index contributed by atoms with van der Waals surface area (Å²) in [7, 11) is 0. The van der Waals surface area contributed by atoms with E-state index >= 15 is 0 Å². The molecular formula is C6H9F3N4. The summed E-state index contributed by atoms with van der Waals surface area (Å²) in [6.45, 7) is -0.0253. The molecule has 0 aliphatic rings. The van der Waals surface area contributed by atoms with E-state index in [0.29, 0.717) is 5.69 Å². The molecule has 74 valence electrons. The normalized spacial score (nSPS) is 12.0. The van der Waals surface area contributed by atoms with E-state index in [0.717, 1.165) is 4.68 Å². The van der Waals surface area contributed by atoms with E-state index in [2.05, 4.69) is 10.3 Å². The molecule has 0 radical (unpaired) electrons. The second-order valence-corrected chi connectivity index (χ2v) is 2.54. The minimum Gasteiger partial charge on any atom is -0.325 e. The van der Waals surface area contributed by atoms with Crippen molar-refractivity contribution in [3.8, 4) is 0 Å². The Morgan fingerprint density at radius 3 is 2.62 bits per heavy atom.